The van der Waals surface area contributed by atoms with Gasteiger partial charge < -0.3 is 0 Å². The average Bonchev–Trinajstić information content (AvgIpc) is 3.31. The molecule has 0 aliphatic heterocycles. The summed E-state index contributed by atoms with van der Waals surface area (Å²) in [5, 5.41) is 0. The molecule has 2 fully saturated rings. The highest BCUT2D eigenvalue weighted by atomic mass is 16.1. The summed E-state index contributed by atoms with van der Waals surface area (Å²) in [6.45, 7) is 0. The number of rotatable bonds is 4. The van der Waals surface area contributed by atoms with Gasteiger partial charge in [0.05, 0.1) is 5.54 Å². The van der Waals surface area contributed by atoms with Gasteiger partial charge in [-0.1, -0.05) is 56.0 Å². The van der Waals surface area contributed by atoms with Crippen molar-refractivity contribution >= 4 is 5.78 Å². The molecule has 1 aromatic carbocycles. The topological polar surface area (TPSA) is 20.3 Å². The summed E-state index contributed by atoms with van der Waals surface area (Å²) >= 11 is 0. The first-order valence-electron chi connectivity index (χ1n) is 8.42. The van der Waals surface area contributed by atoms with Gasteiger partial charge in [0.15, 0.2) is 5.78 Å². The van der Waals surface area contributed by atoms with E-state index in [0.29, 0.717) is 11.7 Å². The molecule has 0 heterocycles. The maximum absolute atomic E-state index is 13.2. The van der Waals surface area contributed by atoms with Gasteiger partial charge in [0.2, 0.25) is 0 Å². The molecular weight excluding hydrogens is 258 g/mol. The van der Waals surface area contributed by atoms with Crippen molar-refractivity contribution < 1.29 is 4.79 Å². The predicted molar refractivity (Wildman–Crippen MR) is 86.4 cm³/mol. The van der Waals surface area contributed by atoms with Gasteiger partial charge in [-0.25, -0.2) is 0 Å². The SMILES string of the molecule is CN(C)C1(C(=O)C2CC2c2ccccc2)CCCCCC1. The van der Waals surface area contributed by atoms with Gasteiger partial charge >= 0.3 is 0 Å². The fourth-order valence-corrected chi connectivity index (χ4v) is 4.13. The molecule has 21 heavy (non-hydrogen) atoms. The van der Waals surface area contributed by atoms with Crippen LogP contribution in [0.4, 0.5) is 0 Å². The van der Waals surface area contributed by atoms with Crippen molar-refractivity contribution in [1.29, 1.82) is 0 Å². The Morgan fingerprint density at radius 2 is 1.67 bits per heavy atom. The maximum atomic E-state index is 13.2. The van der Waals surface area contributed by atoms with E-state index in [0.717, 1.165) is 19.3 Å². The molecule has 114 valence electrons. The molecule has 3 rings (SSSR count). The molecular formula is C19H27NO. The van der Waals surface area contributed by atoms with Gasteiger partial charge in [0.25, 0.3) is 0 Å². The third-order valence-corrected chi connectivity index (χ3v) is 5.60. The lowest BCUT2D eigenvalue weighted by Crippen LogP contribution is -2.51. The first kappa shape index (κ1) is 14.8. The van der Waals surface area contributed by atoms with Gasteiger partial charge in [-0.15, -0.1) is 0 Å². The van der Waals surface area contributed by atoms with E-state index in [1.165, 1.54) is 31.2 Å². The molecule has 2 aliphatic carbocycles. The van der Waals surface area contributed by atoms with E-state index in [9.17, 15) is 4.79 Å². The lowest BCUT2D eigenvalue weighted by Gasteiger charge is -2.38. The third-order valence-electron chi connectivity index (χ3n) is 5.60. The molecule has 2 heteroatoms. The van der Waals surface area contributed by atoms with E-state index in [1.807, 2.05) is 0 Å². The number of carbonyl (C=O) groups excluding carboxylic acids is 1. The van der Waals surface area contributed by atoms with Gasteiger partial charge in [0, 0.05) is 5.92 Å². The minimum absolute atomic E-state index is 0.190. The highest BCUT2D eigenvalue weighted by molar-refractivity contribution is 5.93. The number of benzene rings is 1. The Kier molecular flexibility index (Phi) is 4.17. The van der Waals surface area contributed by atoms with Crippen LogP contribution < -0.4 is 0 Å². The molecule has 0 aromatic heterocycles. The Labute approximate surface area is 128 Å². The van der Waals surface area contributed by atoms with Gasteiger partial charge in [-0.3, -0.25) is 9.69 Å². The largest absolute Gasteiger partial charge is 0.297 e. The Hall–Kier alpha value is -1.15. The van der Waals surface area contributed by atoms with E-state index >= 15 is 0 Å². The Morgan fingerprint density at radius 1 is 1.05 bits per heavy atom. The van der Waals surface area contributed by atoms with Gasteiger partial charge in [-0.2, -0.15) is 0 Å². The fourth-order valence-electron chi connectivity index (χ4n) is 4.13. The molecule has 0 N–H and O–H groups in total. The summed E-state index contributed by atoms with van der Waals surface area (Å²) in [5.74, 6) is 1.25. The van der Waals surface area contributed by atoms with Crippen molar-refractivity contribution in [2.45, 2.75) is 56.4 Å². The zero-order valence-corrected chi connectivity index (χ0v) is 13.3. The van der Waals surface area contributed by atoms with Crippen LogP contribution in [0, 0.1) is 5.92 Å². The number of hydrogen-bond donors (Lipinski definition) is 0. The summed E-state index contributed by atoms with van der Waals surface area (Å²) < 4.78 is 0. The highest BCUT2D eigenvalue weighted by Gasteiger charge is 2.52. The van der Waals surface area contributed by atoms with E-state index in [4.69, 9.17) is 0 Å². The van der Waals surface area contributed by atoms with E-state index in [-0.39, 0.29) is 11.5 Å². The average molecular weight is 285 g/mol. The Morgan fingerprint density at radius 3 is 2.24 bits per heavy atom. The normalized spacial score (nSPS) is 28.1. The monoisotopic (exact) mass is 285 g/mol. The highest BCUT2D eigenvalue weighted by Crippen LogP contribution is 2.51. The second kappa shape index (κ2) is 5.92. The minimum Gasteiger partial charge on any atom is -0.297 e. The number of hydrogen-bond acceptors (Lipinski definition) is 2. The number of nitrogens with zero attached hydrogens (tertiary/aromatic N) is 1. The zero-order chi connectivity index (χ0) is 14.9. The molecule has 0 saturated heterocycles. The molecule has 2 saturated carbocycles. The summed E-state index contributed by atoms with van der Waals surface area (Å²) in [7, 11) is 4.20. The quantitative estimate of drug-likeness (QED) is 0.779. The molecule has 2 aliphatic rings. The Bertz CT molecular complexity index is 486. The smallest absolute Gasteiger partial charge is 0.156 e. The summed E-state index contributed by atoms with van der Waals surface area (Å²) in [6.07, 6.45) is 8.14. The second-order valence-electron chi connectivity index (χ2n) is 7.06. The summed E-state index contributed by atoms with van der Waals surface area (Å²) in [4.78, 5) is 15.4. The molecule has 0 amide bonds. The van der Waals surface area contributed by atoms with Crippen LogP contribution in [0.1, 0.15) is 56.4 Å². The minimum atomic E-state index is -0.190. The van der Waals surface area contributed by atoms with Crippen LogP contribution in [0.25, 0.3) is 0 Å². The van der Waals surface area contributed by atoms with Crippen LogP contribution in [0.3, 0.4) is 0 Å². The van der Waals surface area contributed by atoms with Crippen molar-refractivity contribution in [2.75, 3.05) is 14.1 Å². The Balaban J connectivity index is 1.77. The van der Waals surface area contributed by atoms with Crippen molar-refractivity contribution in [3.63, 3.8) is 0 Å². The number of ketones is 1. The third kappa shape index (κ3) is 2.78. The molecule has 1 aromatic rings. The number of carbonyl (C=O) groups is 1. The predicted octanol–water partition coefficient (Wildman–Crippen LogP) is 4.01. The zero-order valence-electron chi connectivity index (χ0n) is 13.3. The van der Waals surface area contributed by atoms with Crippen molar-refractivity contribution in [1.82, 2.24) is 4.90 Å². The van der Waals surface area contributed by atoms with Gasteiger partial charge in [-0.05, 0) is 44.8 Å². The van der Waals surface area contributed by atoms with Crippen molar-refractivity contribution in [3.05, 3.63) is 35.9 Å². The number of Topliss-reactive ketones (excluding diaryl/α,β-unsaturated/α-hetero) is 1. The van der Waals surface area contributed by atoms with Crippen LogP contribution >= 0.6 is 0 Å². The molecule has 0 bridgehead atoms. The van der Waals surface area contributed by atoms with E-state index in [2.05, 4.69) is 49.3 Å². The molecule has 0 spiro atoms. The van der Waals surface area contributed by atoms with Crippen LogP contribution in [-0.2, 0) is 4.79 Å². The van der Waals surface area contributed by atoms with Crippen LogP contribution in [-0.4, -0.2) is 30.3 Å². The molecule has 0 radical (unpaired) electrons. The first-order chi connectivity index (χ1) is 10.1. The summed E-state index contributed by atoms with van der Waals surface area (Å²) in [6, 6.07) is 10.6. The van der Waals surface area contributed by atoms with Crippen molar-refractivity contribution in [2.24, 2.45) is 5.92 Å². The first-order valence-corrected chi connectivity index (χ1v) is 8.42. The lowest BCUT2D eigenvalue weighted by atomic mass is 9.81. The molecule has 2 unspecified atom stereocenters. The fraction of sp³-hybridized carbons (Fsp3) is 0.632. The summed E-state index contributed by atoms with van der Waals surface area (Å²) in [5.41, 5.74) is 1.16. The lowest BCUT2D eigenvalue weighted by molar-refractivity contribution is -0.132. The van der Waals surface area contributed by atoms with Crippen LogP contribution in [0.15, 0.2) is 30.3 Å². The van der Waals surface area contributed by atoms with Crippen molar-refractivity contribution in [3.8, 4) is 0 Å². The molecule has 2 nitrogen and oxygen atoms in total. The maximum Gasteiger partial charge on any atom is 0.156 e. The molecule has 2 atom stereocenters. The van der Waals surface area contributed by atoms with E-state index < -0.39 is 0 Å². The van der Waals surface area contributed by atoms with Crippen LogP contribution in [0.5, 0.6) is 0 Å². The van der Waals surface area contributed by atoms with Crippen LogP contribution in [0.2, 0.25) is 0 Å². The standard InChI is InChI=1S/C19H27NO/c1-20(2)19(12-8-3-4-9-13-19)18(21)17-14-16(17)15-10-6-5-7-11-15/h5-7,10-11,16-17H,3-4,8-9,12-14H2,1-2H3. The van der Waals surface area contributed by atoms with E-state index in [1.54, 1.807) is 0 Å². The number of likely N-dealkylation sites (N-methyl/N-ethyl adjacent to an activating group) is 1. The van der Waals surface area contributed by atoms with Gasteiger partial charge in [0.1, 0.15) is 0 Å². The second-order valence-corrected chi connectivity index (χ2v) is 7.06.